The largest absolute Gasteiger partial charge is 0.376 e. The fraction of sp³-hybridized carbons (Fsp3) is 0.0667. The smallest absolute Gasteiger partial charge is 0.269 e. The molecule has 0 aliphatic carbocycles. The van der Waals surface area contributed by atoms with Crippen LogP contribution in [0.1, 0.15) is 10.4 Å². The quantitative estimate of drug-likeness (QED) is 0.533. The van der Waals surface area contributed by atoms with Crippen LogP contribution in [0, 0.1) is 10.1 Å². The number of nitrogens with one attached hydrogen (secondary N) is 3. The number of hydrogen-bond donors (Lipinski definition) is 3. The van der Waals surface area contributed by atoms with Crippen molar-refractivity contribution in [1.29, 1.82) is 0 Å². The molecule has 0 radical (unpaired) electrons. The number of nitrogens with zero attached hydrogens (tertiary/aromatic N) is 1. The molecule has 0 fully saturated rings. The second-order valence-electron chi connectivity index (χ2n) is 4.67. The van der Waals surface area contributed by atoms with Gasteiger partial charge in [0.05, 0.1) is 11.5 Å². The minimum Gasteiger partial charge on any atom is -0.376 e. The summed E-state index contributed by atoms with van der Waals surface area (Å²) in [5.74, 6) is -1.00. The summed E-state index contributed by atoms with van der Waals surface area (Å²) in [5.41, 5.74) is 5.33. The first-order chi connectivity index (χ1) is 11.5. The lowest BCUT2D eigenvalue weighted by Crippen LogP contribution is -2.44. The number of carbonyl (C=O) groups excluding carboxylic acids is 2. The van der Waals surface area contributed by atoms with Crippen molar-refractivity contribution in [1.82, 2.24) is 10.9 Å². The fourth-order valence-electron chi connectivity index (χ4n) is 1.73. The van der Waals surface area contributed by atoms with Gasteiger partial charge >= 0.3 is 0 Å². The number of non-ortho nitro benzene ring substituents is 1. The Labute approximate surface area is 145 Å². The van der Waals surface area contributed by atoms with E-state index in [-0.39, 0.29) is 17.8 Å². The third-order valence-corrected chi connectivity index (χ3v) is 3.48. The van der Waals surface area contributed by atoms with Gasteiger partial charge in [0.25, 0.3) is 17.5 Å². The molecule has 124 valence electrons. The molecular weight excluding hydrogens is 380 g/mol. The highest BCUT2D eigenvalue weighted by Gasteiger charge is 2.10. The van der Waals surface area contributed by atoms with Crippen molar-refractivity contribution >= 4 is 39.1 Å². The van der Waals surface area contributed by atoms with E-state index >= 15 is 0 Å². The maximum absolute atomic E-state index is 11.8. The zero-order chi connectivity index (χ0) is 17.5. The minimum absolute atomic E-state index is 0.0256. The average molecular weight is 393 g/mol. The van der Waals surface area contributed by atoms with Gasteiger partial charge in [-0.05, 0) is 36.4 Å². The van der Waals surface area contributed by atoms with Gasteiger partial charge in [0.1, 0.15) is 0 Å². The number of nitro benzene ring substituents is 1. The Morgan fingerprint density at radius 2 is 1.62 bits per heavy atom. The number of benzene rings is 2. The highest BCUT2D eigenvalue weighted by molar-refractivity contribution is 9.10. The van der Waals surface area contributed by atoms with Crippen molar-refractivity contribution in [2.75, 3.05) is 11.9 Å². The molecule has 2 aromatic rings. The van der Waals surface area contributed by atoms with Crippen molar-refractivity contribution in [2.45, 2.75) is 0 Å². The molecule has 0 saturated heterocycles. The molecule has 0 aliphatic rings. The van der Waals surface area contributed by atoms with E-state index in [1.54, 1.807) is 12.1 Å². The molecule has 2 aromatic carbocycles. The van der Waals surface area contributed by atoms with E-state index in [2.05, 4.69) is 32.1 Å². The van der Waals surface area contributed by atoms with Crippen LogP contribution in [0.15, 0.2) is 53.0 Å². The summed E-state index contributed by atoms with van der Waals surface area (Å²) in [7, 11) is 0. The second-order valence-corrected chi connectivity index (χ2v) is 5.58. The van der Waals surface area contributed by atoms with E-state index in [4.69, 9.17) is 0 Å². The first-order valence-electron chi connectivity index (χ1n) is 6.79. The Bertz CT molecular complexity index is 747. The van der Waals surface area contributed by atoms with Crippen molar-refractivity contribution in [3.8, 4) is 0 Å². The minimum atomic E-state index is -0.568. The standard InChI is InChI=1S/C15H13BrN4O4/c16-11-3-5-12(6-4-11)17-9-14(21)18-19-15(22)10-1-7-13(8-2-10)20(23)24/h1-8,17H,9H2,(H,18,21)(H,19,22). The highest BCUT2D eigenvalue weighted by Crippen LogP contribution is 2.13. The molecule has 0 atom stereocenters. The monoisotopic (exact) mass is 392 g/mol. The van der Waals surface area contributed by atoms with Crippen LogP contribution in [0.4, 0.5) is 11.4 Å². The Morgan fingerprint density at radius 3 is 2.21 bits per heavy atom. The molecule has 0 bridgehead atoms. The van der Waals surface area contributed by atoms with Crippen LogP contribution in [0.2, 0.25) is 0 Å². The topological polar surface area (TPSA) is 113 Å². The predicted molar refractivity (Wildman–Crippen MR) is 91.3 cm³/mol. The lowest BCUT2D eigenvalue weighted by molar-refractivity contribution is -0.384. The maximum atomic E-state index is 11.8. The molecule has 0 spiro atoms. The summed E-state index contributed by atoms with van der Waals surface area (Å²) >= 11 is 3.31. The van der Waals surface area contributed by atoms with E-state index in [1.807, 2.05) is 12.1 Å². The van der Waals surface area contributed by atoms with Crippen LogP contribution in [0.25, 0.3) is 0 Å². The average Bonchev–Trinajstić information content (AvgIpc) is 2.59. The van der Waals surface area contributed by atoms with E-state index in [1.165, 1.54) is 24.3 Å². The zero-order valence-corrected chi connectivity index (χ0v) is 13.9. The highest BCUT2D eigenvalue weighted by atomic mass is 79.9. The maximum Gasteiger partial charge on any atom is 0.269 e. The zero-order valence-electron chi connectivity index (χ0n) is 12.3. The number of hydrogen-bond acceptors (Lipinski definition) is 5. The molecule has 0 aromatic heterocycles. The van der Waals surface area contributed by atoms with E-state index < -0.39 is 16.7 Å². The molecule has 9 heteroatoms. The van der Waals surface area contributed by atoms with Crippen LogP contribution in [-0.4, -0.2) is 23.3 Å². The summed E-state index contributed by atoms with van der Waals surface area (Å²) in [4.78, 5) is 33.5. The van der Waals surface area contributed by atoms with E-state index in [0.717, 1.165) is 10.2 Å². The van der Waals surface area contributed by atoms with Gasteiger partial charge in [0.2, 0.25) is 0 Å². The van der Waals surface area contributed by atoms with Gasteiger partial charge in [-0.3, -0.25) is 30.6 Å². The number of halogens is 1. The summed E-state index contributed by atoms with van der Waals surface area (Å²) < 4.78 is 0.924. The van der Waals surface area contributed by atoms with Crippen molar-refractivity contribution < 1.29 is 14.5 Å². The Balaban J connectivity index is 1.79. The fourth-order valence-corrected chi connectivity index (χ4v) is 1.99. The molecule has 0 aliphatic heterocycles. The van der Waals surface area contributed by atoms with Gasteiger partial charge in [-0.25, -0.2) is 0 Å². The summed E-state index contributed by atoms with van der Waals surface area (Å²) in [6.45, 7) is -0.0256. The van der Waals surface area contributed by atoms with Gasteiger partial charge in [-0.1, -0.05) is 15.9 Å². The van der Waals surface area contributed by atoms with Crippen LogP contribution < -0.4 is 16.2 Å². The normalized spacial score (nSPS) is 9.88. The summed E-state index contributed by atoms with van der Waals surface area (Å²) in [6.07, 6.45) is 0. The predicted octanol–water partition coefficient (Wildman–Crippen LogP) is 2.23. The summed E-state index contributed by atoms with van der Waals surface area (Å²) in [5, 5.41) is 13.4. The van der Waals surface area contributed by atoms with Gasteiger partial charge in [0.15, 0.2) is 0 Å². The third kappa shape index (κ3) is 5.06. The van der Waals surface area contributed by atoms with Crippen molar-refractivity contribution in [3.63, 3.8) is 0 Å². The molecule has 0 heterocycles. The number of amides is 2. The number of rotatable bonds is 5. The van der Waals surface area contributed by atoms with Crippen LogP contribution >= 0.6 is 15.9 Å². The molecule has 2 rings (SSSR count). The van der Waals surface area contributed by atoms with Crippen LogP contribution in [0.3, 0.4) is 0 Å². The molecule has 0 saturated carbocycles. The lowest BCUT2D eigenvalue weighted by atomic mass is 10.2. The van der Waals surface area contributed by atoms with Gasteiger partial charge in [-0.15, -0.1) is 0 Å². The molecule has 2 amide bonds. The van der Waals surface area contributed by atoms with Crippen LogP contribution in [-0.2, 0) is 4.79 Å². The summed E-state index contributed by atoms with van der Waals surface area (Å²) in [6, 6.07) is 12.3. The Morgan fingerprint density at radius 1 is 1.00 bits per heavy atom. The second kappa shape index (κ2) is 8.06. The molecule has 8 nitrogen and oxygen atoms in total. The van der Waals surface area contributed by atoms with Gasteiger partial charge in [-0.2, -0.15) is 0 Å². The van der Waals surface area contributed by atoms with Gasteiger partial charge < -0.3 is 5.32 Å². The number of hydrazine groups is 1. The molecular formula is C15H13BrN4O4. The lowest BCUT2D eigenvalue weighted by Gasteiger charge is -2.09. The number of carbonyl (C=O) groups is 2. The van der Waals surface area contributed by atoms with E-state index in [9.17, 15) is 19.7 Å². The molecule has 0 unspecified atom stereocenters. The molecule has 24 heavy (non-hydrogen) atoms. The third-order valence-electron chi connectivity index (χ3n) is 2.95. The molecule has 3 N–H and O–H groups in total. The SMILES string of the molecule is O=C(CNc1ccc(Br)cc1)NNC(=O)c1ccc([N+](=O)[O-])cc1. The number of nitro groups is 1. The van der Waals surface area contributed by atoms with E-state index in [0.29, 0.717) is 0 Å². The Kier molecular flexibility index (Phi) is 5.85. The first kappa shape index (κ1) is 17.4. The van der Waals surface area contributed by atoms with Crippen molar-refractivity contribution in [2.24, 2.45) is 0 Å². The van der Waals surface area contributed by atoms with Crippen LogP contribution in [0.5, 0.6) is 0 Å². The Hall–Kier alpha value is -2.94. The van der Waals surface area contributed by atoms with Crippen molar-refractivity contribution in [3.05, 3.63) is 68.7 Å². The van der Waals surface area contributed by atoms with Gasteiger partial charge in [0, 0.05) is 27.9 Å². The first-order valence-corrected chi connectivity index (χ1v) is 7.58. The number of anilines is 1.